The lowest BCUT2D eigenvalue weighted by molar-refractivity contribution is -0.560. The number of carbonyl (C=O) groups is 1. The van der Waals surface area contributed by atoms with Gasteiger partial charge in [0.1, 0.15) is 0 Å². The second-order valence-corrected chi connectivity index (χ2v) is 4.09. The molecular weight excluding hydrogens is 198 g/mol. The third kappa shape index (κ3) is 1.26. The number of hydrogen-bond acceptors (Lipinski definition) is 4. The van der Waals surface area contributed by atoms with Gasteiger partial charge in [0.2, 0.25) is 0 Å². The molecule has 2 aliphatic carbocycles. The molecule has 0 saturated heterocycles. The Morgan fingerprint density at radius 1 is 1.67 bits per heavy atom. The minimum Gasteiger partial charge on any atom is -0.461 e. The molecule has 0 spiro atoms. The Kier molecular flexibility index (Phi) is 2.25. The van der Waals surface area contributed by atoms with Gasteiger partial charge in [-0.3, -0.25) is 10.1 Å². The molecule has 0 aliphatic heterocycles. The van der Waals surface area contributed by atoms with Crippen molar-refractivity contribution in [1.29, 1.82) is 0 Å². The fraction of sp³-hybridized carbons (Fsp3) is 0.700. The van der Waals surface area contributed by atoms with Crippen LogP contribution < -0.4 is 0 Å². The Morgan fingerprint density at radius 2 is 2.40 bits per heavy atom. The zero-order valence-corrected chi connectivity index (χ0v) is 8.51. The molecular formula is C10H13NO4. The maximum Gasteiger partial charge on any atom is 0.385 e. The third-order valence-corrected chi connectivity index (χ3v) is 3.31. The minimum absolute atomic E-state index is 0.171. The van der Waals surface area contributed by atoms with Crippen LogP contribution in [0, 0.1) is 22.0 Å². The van der Waals surface area contributed by atoms with Crippen LogP contribution in [0.15, 0.2) is 12.2 Å². The van der Waals surface area contributed by atoms with Crippen LogP contribution in [-0.4, -0.2) is 23.0 Å². The van der Waals surface area contributed by atoms with Gasteiger partial charge in [-0.15, -0.1) is 0 Å². The second kappa shape index (κ2) is 3.32. The number of nitrogens with zero attached hydrogens (tertiary/aromatic N) is 1. The van der Waals surface area contributed by atoms with Gasteiger partial charge in [0, 0.05) is 11.3 Å². The average Bonchev–Trinajstić information content (AvgIpc) is 2.77. The van der Waals surface area contributed by atoms with Crippen molar-refractivity contribution < 1.29 is 14.5 Å². The van der Waals surface area contributed by atoms with E-state index in [4.69, 9.17) is 4.74 Å². The Balaban J connectivity index is 2.30. The molecule has 1 saturated carbocycles. The molecule has 0 aromatic heterocycles. The Hall–Kier alpha value is -1.39. The molecule has 3 unspecified atom stereocenters. The fourth-order valence-electron chi connectivity index (χ4n) is 2.61. The number of esters is 1. The summed E-state index contributed by atoms with van der Waals surface area (Å²) in [5.74, 6) is -0.784. The quantitative estimate of drug-likeness (QED) is 0.304. The van der Waals surface area contributed by atoms with Gasteiger partial charge in [-0.2, -0.15) is 0 Å². The first kappa shape index (κ1) is 10.1. The summed E-state index contributed by atoms with van der Waals surface area (Å²) in [6.45, 7) is 1.85. The van der Waals surface area contributed by atoms with Gasteiger partial charge in [0.25, 0.3) is 0 Å². The summed E-state index contributed by atoms with van der Waals surface area (Å²) in [4.78, 5) is 22.3. The van der Waals surface area contributed by atoms with Gasteiger partial charge in [-0.1, -0.05) is 12.2 Å². The molecule has 0 amide bonds. The van der Waals surface area contributed by atoms with Crippen LogP contribution in [0.5, 0.6) is 0 Å². The molecule has 82 valence electrons. The molecule has 5 heteroatoms. The van der Waals surface area contributed by atoms with Crippen LogP contribution in [0.3, 0.4) is 0 Å². The lowest BCUT2D eigenvalue weighted by atomic mass is 9.85. The maximum absolute atomic E-state index is 11.7. The van der Waals surface area contributed by atoms with E-state index in [1.807, 2.05) is 6.08 Å². The summed E-state index contributed by atoms with van der Waals surface area (Å²) < 4.78 is 4.83. The average molecular weight is 211 g/mol. The van der Waals surface area contributed by atoms with E-state index < -0.39 is 16.4 Å². The number of hydrogen-bond donors (Lipinski definition) is 0. The predicted molar refractivity (Wildman–Crippen MR) is 51.7 cm³/mol. The van der Waals surface area contributed by atoms with Crippen LogP contribution in [-0.2, 0) is 9.53 Å². The first-order valence-electron chi connectivity index (χ1n) is 5.11. The standard InChI is InChI=1S/C10H13NO4/c1-2-15-9(12)10(11(13)14)6-7-3-4-8(10)5-7/h3-4,7-8H,2,5-6H2,1H3. The Bertz CT molecular complexity index is 338. The van der Waals surface area contributed by atoms with Crippen molar-refractivity contribution in [2.75, 3.05) is 6.61 Å². The topological polar surface area (TPSA) is 69.4 Å². The van der Waals surface area contributed by atoms with E-state index >= 15 is 0 Å². The summed E-state index contributed by atoms with van der Waals surface area (Å²) in [5.41, 5.74) is -1.50. The van der Waals surface area contributed by atoms with E-state index in [9.17, 15) is 14.9 Å². The van der Waals surface area contributed by atoms with Crippen LogP contribution in [0.2, 0.25) is 0 Å². The molecule has 0 aromatic carbocycles. The van der Waals surface area contributed by atoms with Crippen molar-refractivity contribution in [2.24, 2.45) is 11.8 Å². The van der Waals surface area contributed by atoms with E-state index in [2.05, 4.69) is 0 Å². The number of carbonyl (C=O) groups excluding carboxylic acids is 1. The summed E-state index contributed by atoms with van der Waals surface area (Å²) in [5, 5.41) is 11.1. The summed E-state index contributed by atoms with van der Waals surface area (Å²) in [7, 11) is 0. The van der Waals surface area contributed by atoms with E-state index in [0.29, 0.717) is 12.8 Å². The monoisotopic (exact) mass is 211 g/mol. The van der Waals surface area contributed by atoms with E-state index in [0.717, 1.165) is 0 Å². The lowest BCUT2D eigenvalue weighted by Gasteiger charge is -2.24. The molecule has 5 nitrogen and oxygen atoms in total. The zero-order valence-electron chi connectivity index (χ0n) is 8.51. The number of ether oxygens (including phenoxy) is 1. The van der Waals surface area contributed by atoms with Gasteiger partial charge >= 0.3 is 11.5 Å². The highest BCUT2D eigenvalue weighted by Crippen LogP contribution is 2.48. The highest BCUT2D eigenvalue weighted by atomic mass is 16.6. The van der Waals surface area contributed by atoms with Gasteiger partial charge < -0.3 is 4.74 Å². The first-order chi connectivity index (χ1) is 7.11. The van der Waals surface area contributed by atoms with E-state index in [-0.39, 0.29) is 18.4 Å². The number of rotatable bonds is 3. The van der Waals surface area contributed by atoms with Crippen LogP contribution in [0.4, 0.5) is 0 Å². The van der Waals surface area contributed by atoms with E-state index in [1.54, 1.807) is 13.0 Å². The van der Waals surface area contributed by atoms with Crippen molar-refractivity contribution in [1.82, 2.24) is 0 Å². The minimum atomic E-state index is -1.50. The maximum atomic E-state index is 11.7. The highest BCUT2D eigenvalue weighted by Gasteiger charge is 2.64. The summed E-state index contributed by atoms with van der Waals surface area (Å²) in [6, 6.07) is 0. The second-order valence-electron chi connectivity index (χ2n) is 4.09. The zero-order chi connectivity index (χ0) is 11.1. The fourth-order valence-corrected chi connectivity index (χ4v) is 2.61. The van der Waals surface area contributed by atoms with Gasteiger partial charge in [0.05, 0.1) is 12.5 Å². The van der Waals surface area contributed by atoms with Crippen LogP contribution >= 0.6 is 0 Å². The molecule has 2 rings (SSSR count). The van der Waals surface area contributed by atoms with Gasteiger partial charge in [-0.05, 0) is 19.3 Å². The molecule has 0 radical (unpaired) electrons. The molecule has 3 atom stereocenters. The van der Waals surface area contributed by atoms with Crippen LogP contribution in [0.25, 0.3) is 0 Å². The van der Waals surface area contributed by atoms with Crippen molar-refractivity contribution in [3.63, 3.8) is 0 Å². The van der Waals surface area contributed by atoms with Crippen molar-refractivity contribution >= 4 is 5.97 Å². The SMILES string of the molecule is CCOC(=O)C1([N+](=O)[O-])CC2C=CC1C2. The Labute approximate surface area is 87.3 Å². The molecule has 15 heavy (non-hydrogen) atoms. The van der Waals surface area contributed by atoms with E-state index in [1.165, 1.54) is 0 Å². The smallest absolute Gasteiger partial charge is 0.385 e. The first-order valence-corrected chi connectivity index (χ1v) is 5.11. The number of fused-ring (bicyclic) bond motifs is 2. The lowest BCUT2D eigenvalue weighted by Crippen LogP contribution is -2.50. The van der Waals surface area contributed by atoms with Gasteiger partial charge in [-0.25, -0.2) is 4.79 Å². The van der Waals surface area contributed by atoms with Crippen LogP contribution in [0.1, 0.15) is 19.8 Å². The normalized spacial score (nSPS) is 36.9. The summed E-state index contributed by atoms with van der Waals surface area (Å²) >= 11 is 0. The molecule has 2 bridgehead atoms. The Morgan fingerprint density at radius 3 is 2.80 bits per heavy atom. The van der Waals surface area contributed by atoms with Crippen molar-refractivity contribution in [2.45, 2.75) is 25.3 Å². The molecule has 0 N–H and O–H groups in total. The summed E-state index contributed by atoms with van der Waals surface area (Å²) in [6.07, 6.45) is 4.75. The third-order valence-electron chi connectivity index (χ3n) is 3.31. The van der Waals surface area contributed by atoms with Crippen molar-refractivity contribution in [3.05, 3.63) is 22.3 Å². The molecule has 0 heterocycles. The number of allylic oxidation sites excluding steroid dienone is 1. The predicted octanol–water partition coefficient (Wildman–Crippen LogP) is 1.16. The highest BCUT2D eigenvalue weighted by molar-refractivity contribution is 5.81. The molecule has 2 aliphatic rings. The molecule has 1 fully saturated rings. The number of nitro groups is 1. The largest absolute Gasteiger partial charge is 0.461 e. The van der Waals surface area contributed by atoms with Crippen molar-refractivity contribution in [3.8, 4) is 0 Å². The molecule has 0 aromatic rings. The van der Waals surface area contributed by atoms with Gasteiger partial charge in [0.15, 0.2) is 0 Å².